The van der Waals surface area contributed by atoms with Crippen LogP contribution in [0.25, 0.3) is 0 Å². The SMILES string of the molecule is O=C1NC2(CO1)CN(C(=O)N1CC3(CCN(Cc4ccc(C(F)(F)F)cc4F)CC3)C1)C2. The molecule has 0 aromatic heterocycles. The monoisotopic (exact) mass is 456 g/mol. The average Bonchev–Trinajstić information content (AvgIpc) is 3.08. The lowest BCUT2D eigenvalue weighted by Crippen LogP contribution is -2.73. The lowest BCUT2D eigenvalue weighted by Gasteiger charge is -2.56. The molecular weight excluding hydrogens is 432 g/mol. The predicted molar refractivity (Wildman–Crippen MR) is 104 cm³/mol. The standard InChI is InChI=1S/C21H24F4N4O3/c22-16-7-15(21(23,24)25)2-1-14(16)8-27-5-3-19(4-6-27)9-28(10-19)18(31)29-11-20(12-29)13-32-17(30)26-20/h1-2,7H,3-6,8-13H2,(H,26,30). The number of benzene rings is 1. The molecule has 1 aromatic carbocycles. The summed E-state index contributed by atoms with van der Waals surface area (Å²) in [6.45, 7) is 4.21. The zero-order valence-corrected chi connectivity index (χ0v) is 17.4. The highest BCUT2D eigenvalue weighted by atomic mass is 19.4. The van der Waals surface area contributed by atoms with Crippen molar-refractivity contribution in [3.05, 3.63) is 35.1 Å². The van der Waals surface area contributed by atoms with Crippen LogP contribution in [0.4, 0.5) is 27.2 Å². The second kappa shape index (κ2) is 7.23. The number of hydrogen-bond donors (Lipinski definition) is 1. The Hall–Kier alpha value is -2.56. The van der Waals surface area contributed by atoms with Crippen molar-refractivity contribution < 1.29 is 31.9 Å². The maximum atomic E-state index is 14.1. The maximum Gasteiger partial charge on any atom is 0.416 e. The van der Waals surface area contributed by atoms with E-state index in [0.717, 1.165) is 18.9 Å². The molecule has 1 N–H and O–H groups in total. The molecule has 11 heteroatoms. The number of carbonyl (C=O) groups excluding carboxylic acids is 2. The van der Waals surface area contributed by atoms with E-state index in [0.29, 0.717) is 45.3 Å². The van der Waals surface area contributed by atoms with E-state index in [-0.39, 0.29) is 30.2 Å². The van der Waals surface area contributed by atoms with E-state index in [2.05, 4.69) is 5.32 Å². The van der Waals surface area contributed by atoms with E-state index in [9.17, 15) is 27.2 Å². The largest absolute Gasteiger partial charge is 0.447 e. The molecule has 32 heavy (non-hydrogen) atoms. The van der Waals surface area contributed by atoms with E-state index in [1.165, 1.54) is 6.07 Å². The van der Waals surface area contributed by atoms with Crippen molar-refractivity contribution in [3.63, 3.8) is 0 Å². The van der Waals surface area contributed by atoms with Crippen molar-refractivity contribution in [2.24, 2.45) is 5.41 Å². The third kappa shape index (κ3) is 3.76. The Kier molecular flexibility index (Phi) is 4.81. The van der Waals surface area contributed by atoms with Crippen molar-refractivity contribution in [1.82, 2.24) is 20.0 Å². The summed E-state index contributed by atoms with van der Waals surface area (Å²) in [4.78, 5) is 29.5. The van der Waals surface area contributed by atoms with Crippen molar-refractivity contribution >= 4 is 12.1 Å². The van der Waals surface area contributed by atoms with Crippen molar-refractivity contribution in [1.29, 1.82) is 0 Å². The van der Waals surface area contributed by atoms with Crippen LogP contribution in [-0.4, -0.2) is 78.2 Å². The molecule has 4 saturated heterocycles. The molecule has 174 valence electrons. The first kappa shape index (κ1) is 21.3. The number of hydrogen-bond acceptors (Lipinski definition) is 4. The van der Waals surface area contributed by atoms with E-state index in [4.69, 9.17) is 4.74 Å². The predicted octanol–water partition coefficient (Wildman–Crippen LogP) is 2.66. The van der Waals surface area contributed by atoms with E-state index in [1.807, 2.05) is 9.80 Å². The van der Waals surface area contributed by atoms with Crippen LogP contribution in [-0.2, 0) is 17.5 Å². The second-order valence-corrected chi connectivity index (χ2v) is 9.56. The van der Waals surface area contributed by atoms with Gasteiger partial charge >= 0.3 is 18.3 Å². The number of alkyl halides is 3. The zero-order chi connectivity index (χ0) is 22.7. The van der Waals surface area contributed by atoms with Crippen LogP contribution in [0.2, 0.25) is 0 Å². The van der Waals surface area contributed by atoms with E-state index < -0.39 is 29.2 Å². The highest BCUT2D eigenvalue weighted by Gasteiger charge is 2.54. The van der Waals surface area contributed by atoms with Gasteiger partial charge in [0, 0.05) is 30.6 Å². The smallest absolute Gasteiger partial charge is 0.416 e. The van der Waals surface area contributed by atoms with Crippen molar-refractivity contribution in [2.75, 3.05) is 45.9 Å². The first-order valence-corrected chi connectivity index (χ1v) is 10.6. The van der Waals surface area contributed by atoms with Crippen LogP contribution in [0.1, 0.15) is 24.0 Å². The molecule has 0 aliphatic carbocycles. The minimum absolute atomic E-state index is 0.0309. The molecule has 7 nitrogen and oxygen atoms in total. The number of cyclic esters (lactones) is 1. The normalized spacial score (nSPS) is 24.2. The van der Waals surface area contributed by atoms with E-state index >= 15 is 0 Å². The van der Waals surface area contributed by atoms with Gasteiger partial charge in [-0.25, -0.2) is 14.0 Å². The molecule has 5 rings (SSSR count). The Bertz CT molecular complexity index is 931. The summed E-state index contributed by atoms with van der Waals surface area (Å²) in [6, 6.07) is 2.66. The summed E-state index contributed by atoms with van der Waals surface area (Å²) in [7, 11) is 0. The number of nitrogens with zero attached hydrogens (tertiary/aromatic N) is 3. The van der Waals surface area contributed by atoms with Crippen molar-refractivity contribution in [3.8, 4) is 0 Å². The van der Waals surface area contributed by atoms with Crippen molar-refractivity contribution in [2.45, 2.75) is 31.1 Å². The molecule has 4 aliphatic heterocycles. The molecule has 0 saturated carbocycles. The van der Waals surface area contributed by atoms with E-state index in [1.54, 1.807) is 4.90 Å². The summed E-state index contributed by atoms with van der Waals surface area (Å²) >= 11 is 0. The molecular formula is C21H24F4N4O3. The highest BCUT2D eigenvalue weighted by molar-refractivity contribution is 5.78. The fourth-order valence-electron chi connectivity index (χ4n) is 5.18. The number of ether oxygens (including phenoxy) is 1. The van der Waals surface area contributed by atoms with Gasteiger partial charge in [-0.3, -0.25) is 4.90 Å². The number of likely N-dealkylation sites (tertiary alicyclic amines) is 3. The summed E-state index contributed by atoms with van der Waals surface area (Å²) in [5.74, 6) is -0.836. The molecule has 1 aromatic rings. The Labute approximate surface area is 182 Å². The number of urea groups is 1. The number of carbonyl (C=O) groups is 2. The lowest BCUT2D eigenvalue weighted by atomic mass is 9.72. The Morgan fingerprint density at radius 2 is 1.75 bits per heavy atom. The summed E-state index contributed by atoms with van der Waals surface area (Å²) < 4.78 is 57.2. The van der Waals surface area contributed by atoms with Gasteiger partial charge in [0.1, 0.15) is 18.0 Å². The summed E-state index contributed by atoms with van der Waals surface area (Å²) in [5.41, 5.74) is -1.10. The third-order valence-corrected chi connectivity index (χ3v) is 7.12. The average molecular weight is 456 g/mol. The number of nitrogens with one attached hydrogen (secondary N) is 1. The molecule has 2 spiro atoms. The van der Waals surface area contributed by atoms with Gasteiger partial charge in [-0.2, -0.15) is 13.2 Å². The first-order valence-electron chi connectivity index (χ1n) is 10.6. The molecule has 4 aliphatic rings. The minimum Gasteiger partial charge on any atom is -0.447 e. The second-order valence-electron chi connectivity index (χ2n) is 9.56. The number of amides is 3. The quantitative estimate of drug-likeness (QED) is 0.696. The van der Waals surface area contributed by atoms with Gasteiger partial charge < -0.3 is 19.9 Å². The Balaban J connectivity index is 1.09. The lowest BCUT2D eigenvalue weighted by molar-refractivity contribution is -0.137. The fraction of sp³-hybridized carbons (Fsp3) is 0.619. The molecule has 3 amide bonds. The number of halogens is 4. The Morgan fingerprint density at radius 1 is 1.09 bits per heavy atom. The zero-order valence-electron chi connectivity index (χ0n) is 17.4. The minimum atomic E-state index is -4.56. The number of piperidine rings is 1. The topological polar surface area (TPSA) is 65.1 Å². The van der Waals surface area contributed by atoms with Gasteiger partial charge in [-0.05, 0) is 38.1 Å². The summed E-state index contributed by atoms with van der Waals surface area (Å²) in [6.07, 6.45) is -3.29. The molecule has 0 radical (unpaired) electrons. The van der Waals surface area contributed by atoms with Gasteiger partial charge in [-0.1, -0.05) is 6.07 Å². The van der Waals surface area contributed by atoms with Gasteiger partial charge in [0.2, 0.25) is 0 Å². The highest BCUT2D eigenvalue weighted by Crippen LogP contribution is 2.42. The van der Waals surface area contributed by atoms with Crippen LogP contribution in [0.5, 0.6) is 0 Å². The van der Waals surface area contributed by atoms with Crippen LogP contribution < -0.4 is 5.32 Å². The molecule has 4 heterocycles. The first-order chi connectivity index (χ1) is 15.1. The third-order valence-electron chi connectivity index (χ3n) is 7.12. The van der Waals surface area contributed by atoms with Crippen LogP contribution >= 0.6 is 0 Å². The number of alkyl carbamates (subject to hydrolysis) is 1. The number of rotatable bonds is 2. The van der Waals surface area contributed by atoms with Crippen LogP contribution in [0.15, 0.2) is 18.2 Å². The van der Waals surface area contributed by atoms with Crippen LogP contribution in [0, 0.1) is 11.2 Å². The molecule has 0 atom stereocenters. The van der Waals surface area contributed by atoms with Gasteiger partial charge in [0.05, 0.1) is 18.7 Å². The fourth-order valence-corrected chi connectivity index (χ4v) is 5.18. The van der Waals surface area contributed by atoms with Gasteiger partial charge in [0.25, 0.3) is 0 Å². The van der Waals surface area contributed by atoms with Gasteiger partial charge in [-0.15, -0.1) is 0 Å². The molecule has 0 bridgehead atoms. The van der Waals surface area contributed by atoms with Gasteiger partial charge in [0.15, 0.2) is 0 Å². The van der Waals surface area contributed by atoms with Crippen LogP contribution in [0.3, 0.4) is 0 Å². The summed E-state index contributed by atoms with van der Waals surface area (Å²) in [5, 5.41) is 2.76. The molecule has 4 fully saturated rings. The Morgan fingerprint density at radius 3 is 2.31 bits per heavy atom. The maximum absolute atomic E-state index is 14.1. The molecule has 0 unspecified atom stereocenters.